The Kier molecular flexibility index (Phi) is 4.34. The molecule has 1 heterocycles. The Balaban J connectivity index is 2.22. The molecule has 1 amide bonds. The molecule has 2 rings (SSSR count). The standard InChI is InChI=1S/C12H9BrClN3O2/c1-19-9-4-7(14)2-3-8(9)12(18)17-11-6-15-10(13)5-16-11/h2-6H,1H3,(H,16,17,18). The molecule has 1 N–H and O–H groups in total. The van der Waals surface area contributed by atoms with Gasteiger partial charge in [0.25, 0.3) is 5.91 Å². The normalized spacial score (nSPS) is 10.1. The van der Waals surface area contributed by atoms with Gasteiger partial charge >= 0.3 is 0 Å². The van der Waals surface area contributed by atoms with Crippen LogP contribution < -0.4 is 10.1 Å². The van der Waals surface area contributed by atoms with Crippen molar-refractivity contribution >= 4 is 39.3 Å². The van der Waals surface area contributed by atoms with E-state index in [0.717, 1.165) is 0 Å². The minimum absolute atomic E-state index is 0.342. The fourth-order valence-corrected chi connectivity index (χ4v) is 1.78. The number of anilines is 1. The molecule has 19 heavy (non-hydrogen) atoms. The third kappa shape index (κ3) is 3.42. The third-order valence-electron chi connectivity index (χ3n) is 2.27. The predicted molar refractivity (Wildman–Crippen MR) is 75.7 cm³/mol. The molecule has 0 radical (unpaired) electrons. The van der Waals surface area contributed by atoms with Crippen LogP contribution in [0.2, 0.25) is 5.02 Å². The predicted octanol–water partition coefficient (Wildman–Crippen LogP) is 3.15. The number of nitrogens with one attached hydrogen (secondary N) is 1. The minimum Gasteiger partial charge on any atom is -0.496 e. The number of hydrogen-bond acceptors (Lipinski definition) is 4. The fourth-order valence-electron chi connectivity index (χ4n) is 1.41. The quantitative estimate of drug-likeness (QED) is 0.930. The number of benzene rings is 1. The van der Waals surface area contributed by atoms with Gasteiger partial charge < -0.3 is 10.1 Å². The van der Waals surface area contributed by atoms with E-state index in [9.17, 15) is 4.79 Å². The van der Waals surface area contributed by atoms with E-state index >= 15 is 0 Å². The number of methoxy groups -OCH3 is 1. The lowest BCUT2D eigenvalue weighted by Crippen LogP contribution is -2.14. The lowest BCUT2D eigenvalue weighted by Gasteiger charge is -2.09. The number of nitrogens with zero attached hydrogens (tertiary/aromatic N) is 2. The summed E-state index contributed by atoms with van der Waals surface area (Å²) in [5.41, 5.74) is 0.372. The number of carbonyl (C=O) groups is 1. The van der Waals surface area contributed by atoms with Gasteiger partial charge in [-0.25, -0.2) is 9.97 Å². The van der Waals surface area contributed by atoms with Crippen LogP contribution in [-0.4, -0.2) is 23.0 Å². The summed E-state index contributed by atoms with van der Waals surface area (Å²) in [6.45, 7) is 0. The maximum atomic E-state index is 12.1. The van der Waals surface area contributed by atoms with Gasteiger partial charge in [0.15, 0.2) is 5.82 Å². The molecule has 1 aromatic heterocycles. The molecule has 2 aromatic rings. The molecular weight excluding hydrogens is 334 g/mol. The Bertz CT molecular complexity index is 604. The van der Waals surface area contributed by atoms with E-state index < -0.39 is 0 Å². The van der Waals surface area contributed by atoms with Gasteiger partial charge in [-0.05, 0) is 34.1 Å². The van der Waals surface area contributed by atoms with Crippen LogP contribution in [0.4, 0.5) is 5.82 Å². The summed E-state index contributed by atoms with van der Waals surface area (Å²) in [5, 5.41) is 3.12. The van der Waals surface area contributed by atoms with Gasteiger partial charge in [-0.1, -0.05) is 11.6 Å². The van der Waals surface area contributed by atoms with Gasteiger partial charge in [-0.3, -0.25) is 4.79 Å². The first-order valence-corrected chi connectivity index (χ1v) is 6.39. The molecule has 98 valence electrons. The summed E-state index contributed by atoms with van der Waals surface area (Å²) in [6.07, 6.45) is 2.94. The van der Waals surface area contributed by atoms with Crippen LogP contribution in [-0.2, 0) is 0 Å². The van der Waals surface area contributed by atoms with Crippen LogP contribution in [0.5, 0.6) is 5.75 Å². The molecule has 0 atom stereocenters. The van der Waals surface area contributed by atoms with Gasteiger partial charge in [-0.15, -0.1) is 0 Å². The smallest absolute Gasteiger partial charge is 0.260 e. The number of halogens is 2. The van der Waals surface area contributed by atoms with Crippen LogP contribution in [0.1, 0.15) is 10.4 Å². The number of carbonyl (C=O) groups excluding carboxylic acids is 1. The first-order valence-electron chi connectivity index (χ1n) is 5.22. The average Bonchev–Trinajstić information content (AvgIpc) is 2.41. The van der Waals surface area contributed by atoms with Crippen LogP contribution >= 0.6 is 27.5 Å². The molecule has 7 heteroatoms. The molecular formula is C12H9BrClN3O2. The highest BCUT2D eigenvalue weighted by Gasteiger charge is 2.13. The van der Waals surface area contributed by atoms with E-state index in [1.807, 2.05) is 0 Å². The summed E-state index contributed by atoms with van der Waals surface area (Å²) in [4.78, 5) is 20.1. The van der Waals surface area contributed by atoms with Crippen LogP contribution in [0.25, 0.3) is 0 Å². The Morgan fingerprint density at radius 3 is 2.79 bits per heavy atom. The lowest BCUT2D eigenvalue weighted by atomic mass is 10.2. The molecule has 0 aliphatic carbocycles. The molecule has 0 aliphatic heterocycles. The number of amides is 1. The number of ether oxygens (including phenoxy) is 1. The largest absolute Gasteiger partial charge is 0.496 e. The summed E-state index contributed by atoms with van der Waals surface area (Å²) >= 11 is 9.00. The Morgan fingerprint density at radius 1 is 1.37 bits per heavy atom. The maximum absolute atomic E-state index is 12.1. The van der Waals surface area contributed by atoms with Crippen LogP contribution in [0.15, 0.2) is 35.2 Å². The lowest BCUT2D eigenvalue weighted by molar-refractivity contribution is 0.102. The molecule has 0 spiro atoms. The van der Waals surface area contributed by atoms with Crippen molar-refractivity contribution in [1.29, 1.82) is 0 Å². The highest BCUT2D eigenvalue weighted by molar-refractivity contribution is 9.10. The summed E-state index contributed by atoms with van der Waals surface area (Å²) in [5.74, 6) is 0.408. The Labute approximate surface area is 123 Å². The molecule has 0 aliphatic rings. The fraction of sp³-hybridized carbons (Fsp3) is 0.0833. The second-order valence-electron chi connectivity index (χ2n) is 3.52. The molecule has 0 saturated carbocycles. The van der Waals surface area contributed by atoms with Gasteiger partial charge in [0.1, 0.15) is 10.4 Å². The number of hydrogen-bond donors (Lipinski definition) is 1. The maximum Gasteiger partial charge on any atom is 0.260 e. The second-order valence-corrected chi connectivity index (χ2v) is 4.77. The average molecular weight is 343 g/mol. The highest BCUT2D eigenvalue weighted by atomic mass is 79.9. The highest BCUT2D eigenvalue weighted by Crippen LogP contribution is 2.23. The van der Waals surface area contributed by atoms with Crippen molar-refractivity contribution in [1.82, 2.24) is 9.97 Å². The summed E-state index contributed by atoms with van der Waals surface area (Å²) < 4.78 is 5.71. The zero-order chi connectivity index (χ0) is 13.8. The minimum atomic E-state index is -0.342. The number of aromatic nitrogens is 2. The van der Waals surface area contributed by atoms with Gasteiger partial charge in [0, 0.05) is 5.02 Å². The van der Waals surface area contributed by atoms with Crippen molar-refractivity contribution < 1.29 is 9.53 Å². The first-order chi connectivity index (χ1) is 9.10. The van der Waals surface area contributed by atoms with Crippen LogP contribution in [0.3, 0.4) is 0 Å². The molecule has 0 unspecified atom stereocenters. The summed E-state index contributed by atoms with van der Waals surface area (Å²) in [6, 6.07) is 4.78. The Morgan fingerprint density at radius 2 is 2.16 bits per heavy atom. The molecule has 0 bridgehead atoms. The van der Waals surface area contributed by atoms with E-state index in [2.05, 4.69) is 31.2 Å². The first kappa shape index (κ1) is 13.8. The number of rotatable bonds is 3. The third-order valence-corrected chi connectivity index (χ3v) is 2.91. The SMILES string of the molecule is COc1cc(Cl)ccc1C(=O)Nc1cnc(Br)cn1. The van der Waals surface area contributed by atoms with E-state index in [1.54, 1.807) is 18.2 Å². The molecule has 0 fully saturated rings. The van der Waals surface area contributed by atoms with E-state index in [0.29, 0.717) is 26.8 Å². The van der Waals surface area contributed by atoms with Gasteiger partial charge in [0.2, 0.25) is 0 Å². The monoisotopic (exact) mass is 341 g/mol. The van der Waals surface area contributed by atoms with E-state index in [-0.39, 0.29) is 5.91 Å². The molecule has 5 nitrogen and oxygen atoms in total. The second kappa shape index (κ2) is 5.99. The Hall–Kier alpha value is -1.66. The summed E-state index contributed by atoms with van der Waals surface area (Å²) in [7, 11) is 1.47. The van der Waals surface area contributed by atoms with Crippen molar-refractivity contribution in [2.24, 2.45) is 0 Å². The zero-order valence-electron chi connectivity index (χ0n) is 9.85. The van der Waals surface area contributed by atoms with E-state index in [4.69, 9.17) is 16.3 Å². The van der Waals surface area contributed by atoms with Gasteiger partial charge in [0.05, 0.1) is 25.1 Å². The molecule has 0 saturated heterocycles. The van der Waals surface area contributed by atoms with Crippen molar-refractivity contribution in [3.63, 3.8) is 0 Å². The van der Waals surface area contributed by atoms with Gasteiger partial charge in [-0.2, -0.15) is 0 Å². The zero-order valence-corrected chi connectivity index (χ0v) is 12.2. The van der Waals surface area contributed by atoms with Crippen molar-refractivity contribution in [3.05, 3.63) is 45.8 Å². The van der Waals surface area contributed by atoms with Crippen LogP contribution in [0, 0.1) is 0 Å². The van der Waals surface area contributed by atoms with Crippen molar-refractivity contribution in [2.45, 2.75) is 0 Å². The molecule has 1 aromatic carbocycles. The van der Waals surface area contributed by atoms with Crippen molar-refractivity contribution in [2.75, 3.05) is 12.4 Å². The van der Waals surface area contributed by atoms with E-state index in [1.165, 1.54) is 19.5 Å². The topological polar surface area (TPSA) is 64.1 Å². The van der Waals surface area contributed by atoms with Crippen molar-refractivity contribution in [3.8, 4) is 5.75 Å².